The summed E-state index contributed by atoms with van der Waals surface area (Å²) in [6, 6.07) is -0.399. The first-order valence-corrected chi connectivity index (χ1v) is 7.92. The molecule has 2 rings (SSSR count). The van der Waals surface area contributed by atoms with E-state index in [1.807, 2.05) is 32.5 Å². The Bertz CT molecular complexity index is 383. The zero-order chi connectivity index (χ0) is 14.3. The molecule has 0 bridgehead atoms. The van der Waals surface area contributed by atoms with Crippen LogP contribution in [-0.4, -0.2) is 46.3 Å². The maximum atomic E-state index is 12.5. The monoisotopic (exact) mass is 284 g/mol. The first kappa shape index (κ1) is 14.7. The van der Waals surface area contributed by atoms with Gasteiger partial charge in [-0.3, -0.25) is 9.59 Å². The van der Waals surface area contributed by atoms with E-state index in [0.717, 1.165) is 12.2 Å². The Morgan fingerprint density at radius 1 is 1.42 bits per heavy atom. The average molecular weight is 284 g/mol. The molecular weight excluding hydrogens is 260 g/mol. The molecule has 4 nitrogen and oxygen atoms in total. The molecule has 2 atom stereocenters. The molecule has 2 aliphatic rings. The smallest absolute Gasteiger partial charge is 0.246 e. The molecule has 0 spiro atoms. The van der Waals surface area contributed by atoms with Crippen molar-refractivity contribution in [2.75, 3.05) is 18.8 Å². The molecule has 0 aliphatic carbocycles. The molecule has 2 fully saturated rings. The van der Waals surface area contributed by atoms with Gasteiger partial charge in [0.05, 0.1) is 6.54 Å². The van der Waals surface area contributed by atoms with E-state index in [4.69, 9.17) is 0 Å². The molecule has 1 N–H and O–H groups in total. The van der Waals surface area contributed by atoms with Gasteiger partial charge >= 0.3 is 0 Å². The summed E-state index contributed by atoms with van der Waals surface area (Å²) in [5, 5.41) is 2.84. The van der Waals surface area contributed by atoms with Gasteiger partial charge in [-0.2, -0.15) is 11.8 Å². The summed E-state index contributed by atoms with van der Waals surface area (Å²) in [5.41, 5.74) is -0.241. The van der Waals surface area contributed by atoms with E-state index in [1.54, 1.807) is 4.90 Å². The maximum Gasteiger partial charge on any atom is 0.246 e. The van der Waals surface area contributed by atoms with Crippen LogP contribution in [0.15, 0.2) is 0 Å². The first-order chi connectivity index (χ1) is 8.71. The van der Waals surface area contributed by atoms with Crippen LogP contribution in [0.25, 0.3) is 0 Å². The molecule has 2 amide bonds. The van der Waals surface area contributed by atoms with Gasteiger partial charge in [-0.1, -0.05) is 20.8 Å². The Morgan fingerprint density at radius 2 is 2.11 bits per heavy atom. The van der Waals surface area contributed by atoms with Crippen LogP contribution in [0.2, 0.25) is 0 Å². The van der Waals surface area contributed by atoms with E-state index in [2.05, 4.69) is 12.2 Å². The molecule has 19 heavy (non-hydrogen) atoms. The highest BCUT2D eigenvalue weighted by atomic mass is 32.2. The number of amides is 2. The van der Waals surface area contributed by atoms with Crippen LogP contribution in [0.5, 0.6) is 0 Å². The molecule has 0 aromatic rings. The predicted octanol–water partition coefficient (Wildman–Crippen LogP) is 1.65. The number of piperazine rings is 1. The third-order valence-electron chi connectivity index (χ3n) is 3.89. The van der Waals surface area contributed by atoms with E-state index in [1.165, 1.54) is 6.42 Å². The van der Waals surface area contributed by atoms with Crippen LogP contribution in [0, 0.1) is 5.41 Å². The SMILES string of the molecule is CC1(CN2CC(=O)NC(C(C)(C)C)C2=O)CCCS1. The summed E-state index contributed by atoms with van der Waals surface area (Å²) in [7, 11) is 0. The Kier molecular flexibility index (Phi) is 3.87. The van der Waals surface area contributed by atoms with Crippen LogP contribution in [0.3, 0.4) is 0 Å². The van der Waals surface area contributed by atoms with Crippen LogP contribution in [0.1, 0.15) is 40.5 Å². The molecule has 108 valence electrons. The van der Waals surface area contributed by atoms with Gasteiger partial charge < -0.3 is 10.2 Å². The van der Waals surface area contributed by atoms with Crippen molar-refractivity contribution in [2.24, 2.45) is 5.41 Å². The van der Waals surface area contributed by atoms with Crippen LogP contribution >= 0.6 is 11.8 Å². The van der Waals surface area contributed by atoms with Crippen molar-refractivity contribution in [2.45, 2.75) is 51.3 Å². The van der Waals surface area contributed by atoms with E-state index in [9.17, 15) is 9.59 Å². The normalized spacial score (nSPS) is 32.6. The Balaban J connectivity index is 2.11. The highest BCUT2D eigenvalue weighted by molar-refractivity contribution is 8.00. The Labute approximate surface area is 119 Å². The number of nitrogens with one attached hydrogen (secondary N) is 1. The minimum atomic E-state index is -0.399. The van der Waals surface area contributed by atoms with Crippen molar-refractivity contribution >= 4 is 23.6 Å². The lowest BCUT2D eigenvalue weighted by Crippen LogP contribution is -2.63. The summed E-state index contributed by atoms with van der Waals surface area (Å²) in [6.07, 6.45) is 2.33. The van der Waals surface area contributed by atoms with Crippen molar-refractivity contribution in [3.8, 4) is 0 Å². The maximum absolute atomic E-state index is 12.5. The van der Waals surface area contributed by atoms with Crippen LogP contribution < -0.4 is 5.32 Å². The lowest BCUT2D eigenvalue weighted by Gasteiger charge is -2.41. The van der Waals surface area contributed by atoms with Crippen molar-refractivity contribution in [1.82, 2.24) is 10.2 Å². The van der Waals surface area contributed by atoms with Gasteiger partial charge in [0.1, 0.15) is 6.04 Å². The molecule has 2 unspecified atom stereocenters. The lowest BCUT2D eigenvalue weighted by molar-refractivity contribution is -0.147. The van der Waals surface area contributed by atoms with Crippen molar-refractivity contribution in [1.29, 1.82) is 0 Å². The van der Waals surface area contributed by atoms with Gasteiger partial charge in [-0.05, 0) is 30.9 Å². The second kappa shape index (κ2) is 5.00. The van der Waals surface area contributed by atoms with E-state index in [0.29, 0.717) is 6.54 Å². The topological polar surface area (TPSA) is 49.4 Å². The number of carbonyl (C=O) groups excluding carboxylic acids is 2. The van der Waals surface area contributed by atoms with Crippen molar-refractivity contribution in [3.05, 3.63) is 0 Å². The molecule has 0 saturated carbocycles. The third-order valence-corrected chi connectivity index (χ3v) is 5.41. The quantitative estimate of drug-likeness (QED) is 0.839. The van der Waals surface area contributed by atoms with E-state index in [-0.39, 0.29) is 28.5 Å². The number of hydrogen-bond donors (Lipinski definition) is 1. The summed E-state index contributed by atoms with van der Waals surface area (Å²) >= 11 is 1.92. The zero-order valence-electron chi connectivity index (χ0n) is 12.3. The van der Waals surface area contributed by atoms with Crippen LogP contribution in [-0.2, 0) is 9.59 Å². The molecule has 0 aromatic heterocycles. The Hall–Kier alpha value is -0.710. The minimum absolute atomic E-state index is 0.0360. The summed E-state index contributed by atoms with van der Waals surface area (Å²) in [6.45, 7) is 9.08. The molecule has 5 heteroatoms. The fraction of sp³-hybridized carbons (Fsp3) is 0.857. The van der Waals surface area contributed by atoms with E-state index >= 15 is 0 Å². The molecule has 2 heterocycles. The molecular formula is C14H24N2O2S. The number of thioether (sulfide) groups is 1. The predicted molar refractivity (Wildman–Crippen MR) is 78.1 cm³/mol. The lowest BCUT2D eigenvalue weighted by atomic mass is 9.84. The van der Waals surface area contributed by atoms with Gasteiger partial charge in [0.2, 0.25) is 11.8 Å². The summed E-state index contributed by atoms with van der Waals surface area (Å²) in [4.78, 5) is 26.1. The standard InChI is InChI=1S/C14H24N2O2S/c1-13(2,3)11-12(18)16(8-10(17)15-11)9-14(4)6-5-7-19-14/h11H,5-9H2,1-4H3,(H,15,17). The zero-order valence-corrected chi connectivity index (χ0v) is 13.1. The largest absolute Gasteiger partial charge is 0.342 e. The second-order valence-electron chi connectivity index (χ2n) is 6.96. The van der Waals surface area contributed by atoms with Gasteiger partial charge in [-0.25, -0.2) is 0 Å². The number of rotatable bonds is 2. The van der Waals surface area contributed by atoms with Gasteiger partial charge in [0, 0.05) is 11.3 Å². The highest BCUT2D eigenvalue weighted by Gasteiger charge is 2.42. The van der Waals surface area contributed by atoms with Gasteiger partial charge in [0.15, 0.2) is 0 Å². The molecule has 2 saturated heterocycles. The average Bonchev–Trinajstić information content (AvgIpc) is 2.68. The number of carbonyl (C=O) groups is 2. The second-order valence-corrected chi connectivity index (χ2v) is 8.65. The Morgan fingerprint density at radius 3 is 2.63 bits per heavy atom. The van der Waals surface area contributed by atoms with Crippen molar-refractivity contribution in [3.63, 3.8) is 0 Å². The van der Waals surface area contributed by atoms with E-state index < -0.39 is 6.04 Å². The van der Waals surface area contributed by atoms with Crippen LogP contribution in [0.4, 0.5) is 0 Å². The molecule has 0 radical (unpaired) electrons. The summed E-state index contributed by atoms with van der Waals surface area (Å²) < 4.78 is 0.121. The number of nitrogens with zero attached hydrogens (tertiary/aromatic N) is 1. The fourth-order valence-corrected chi connectivity index (χ4v) is 4.11. The fourth-order valence-electron chi connectivity index (χ4n) is 2.79. The highest BCUT2D eigenvalue weighted by Crippen LogP contribution is 2.38. The van der Waals surface area contributed by atoms with Gasteiger partial charge in [0.25, 0.3) is 0 Å². The van der Waals surface area contributed by atoms with Gasteiger partial charge in [-0.15, -0.1) is 0 Å². The summed E-state index contributed by atoms with van der Waals surface area (Å²) in [5.74, 6) is 1.19. The number of hydrogen-bond acceptors (Lipinski definition) is 3. The minimum Gasteiger partial charge on any atom is -0.342 e. The third kappa shape index (κ3) is 3.25. The molecule has 0 aromatic carbocycles. The first-order valence-electron chi connectivity index (χ1n) is 6.93. The molecule has 2 aliphatic heterocycles. The van der Waals surface area contributed by atoms with Crippen molar-refractivity contribution < 1.29 is 9.59 Å².